The molecule has 0 atom stereocenters. The number of amidine groups is 1. The number of amides is 1. The van der Waals surface area contributed by atoms with Crippen LogP contribution in [0.4, 0.5) is 0 Å². The Balaban J connectivity index is 2.18. The van der Waals surface area contributed by atoms with E-state index in [0.717, 1.165) is 18.7 Å². The van der Waals surface area contributed by atoms with Gasteiger partial charge in [0.15, 0.2) is 5.84 Å². The van der Waals surface area contributed by atoms with Gasteiger partial charge in [-0.25, -0.2) is 0 Å². The van der Waals surface area contributed by atoms with E-state index in [0.29, 0.717) is 32.6 Å². The maximum Gasteiger partial charge on any atom is 0.236 e. The van der Waals surface area contributed by atoms with Crippen LogP contribution in [-0.4, -0.2) is 58.7 Å². The average Bonchev–Trinajstić information content (AvgIpc) is 2.67. The summed E-state index contributed by atoms with van der Waals surface area (Å²) in [5.41, 5.74) is 4.98. The fourth-order valence-electron chi connectivity index (χ4n) is 2.92. The molecule has 0 spiro atoms. The average molecular weight is 315 g/mol. The molecular formula is C14H25N3O3S. The van der Waals surface area contributed by atoms with E-state index in [9.17, 15) is 4.79 Å². The van der Waals surface area contributed by atoms with Crippen molar-refractivity contribution in [3.8, 4) is 0 Å². The minimum Gasteiger partial charge on any atom is -0.409 e. The van der Waals surface area contributed by atoms with Crippen molar-refractivity contribution in [3.63, 3.8) is 0 Å². The van der Waals surface area contributed by atoms with Crippen LogP contribution in [0.15, 0.2) is 5.16 Å². The lowest BCUT2D eigenvalue weighted by Crippen LogP contribution is -2.54. The van der Waals surface area contributed by atoms with Crippen molar-refractivity contribution in [1.29, 1.82) is 0 Å². The molecule has 120 valence electrons. The van der Waals surface area contributed by atoms with Crippen LogP contribution in [0, 0.1) is 5.41 Å². The van der Waals surface area contributed by atoms with Gasteiger partial charge in [-0.3, -0.25) is 4.79 Å². The number of nitrogens with two attached hydrogens (primary N) is 1. The Bertz CT molecular complexity index is 420. The molecule has 0 aromatic carbocycles. The van der Waals surface area contributed by atoms with Gasteiger partial charge in [-0.2, -0.15) is 11.8 Å². The Morgan fingerprint density at radius 3 is 2.57 bits per heavy atom. The molecule has 2 fully saturated rings. The fraction of sp³-hybridized carbons (Fsp3) is 0.857. The SMILES string of the molecule is CC1(C)CCN(C(=O)C2(C(N)=NO)CCOCC2)CCS1. The van der Waals surface area contributed by atoms with Crippen molar-refractivity contribution in [2.75, 3.05) is 32.1 Å². The summed E-state index contributed by atoms with van der Waals surface area (Å²) in [7, 11) is 0. The van der Waals surface area contributed by atoms with Gasteiger partial charge in [0.25, 0.3) is 0 Å². The molecule has 3 N–H and O–H groups in total. The van der Waals surface area contributed by atoms with E-state index in [1.807, 2.05) is 16.7 Å². The Morgan fingerprint density at radius 2 is 1.95 bits per heavy atom. The third-order valence-corrected chi connectivity index (χ3v) is 5.85. The smallest absolute Gasteiger partial charge is 0.236 e. The van der Waals surface area contributed by atoms with Crippen molar-refractivity contribution < 1.29 is 14.7 Å². The number of rotatable bonds is 2. The van der Waals surface area contributed by atoms with Crippen LogP contribution in [0.2, 0.25) is 0 Å². The van der Waals surface area contributed by atoms with Crippen molar-refractivity contribution in [3.05, 3.63) is 0 Å². The minimum atomic E-state index is -0.897. The van der Waals surface area contributed by atoms with Gasteiger partial charge in [0.2, 0.25) is 5.91 Å². The number of thioether (sulfide) groups is 1. The summed E-state index contributed by atoms with van der Waals surface area (Å²) >= 11 is 1.89. The second kappa shape index (κ2) is 6.44. The van der Waals surface area contributed by atoms with Crippen LogP contribution in [0.3, 0.4) is 0 Å². The molecule has 2 saturated heterocycles. The molecule has 0 saturated carbocycles. The third-order valence-electron chi connectivity index (χ3n) is 4.48. The van der Waals surface area contributed by atoms with Crippen molar-refractivity contribution in [2.45, 2.75) is 37.9 Å². The molecule has 0 unspecified atom stereocenters. The molecule has 0 aromatic rings. The quantitative estimate of drug-likeness (QED) is 0.347. The molecule has 2 aliphatic rings. The largest absolute Gasteiger partial charge is 0.409 e. The summed E-state index contributed by atoms with van der Waals surface area (Å²) in [5.74, 6) is 0.924. The van der Waals surface area contributed by atoms with Crippen molar-refractivity contribution in [1.82, 2.24) is 4.90 Å². The molecule has 1 amide bonds. The highest BCUT2D eigenvalue weighted by molar-refractivity contribution is 8.00. The number of ether oxygens (including phenoxy) is 1. The van der Waals surface area contributed by atoms with Gasteiger partial charge in [0, 0.05) is 36.8 Å². The third kappa shape index (κ3) is 3.45. The summed E-state index contributed by atoms with van der Waals surface area (Å²) in [6.45, 7) is 6.79. The van der Waals surface area contributed by atoms with Gasteiger partial charge in [0.1, 0.15) is 5.41 Å². The number of nitrogens with zero attached hydrogens (tertiary/aromatic N) is 2. The standard InChI is InChI=1S/C14H25N3O3S/c1-13(2)3-6-17(7-10-21-13)12(18)14(11(15)16-19)4-8-20-9-5-14/h19H,3-10H2,1-2H3,(H2,15,16). The molecule has 21 heavy (non-hydrogen) atoms. The first-order valence-electron chi connectivity index (χ1n) is 7.40. The maximum atomic E-state index is 13.0. The van der Waals surface area contributed by atoms with E-state index in [-0.39, 0.29) is 16.5 Å². The predicted octanol–water partition coefficient (Wildman–Crippen LogP) is 1.27. The van der Waals surface area contributed by atoms with Gasteiger partial charge in [-0.1, -0.05) is 19.0 Å². The van der Waals surface area contributed by atoms with Gasteiger partial charge < -0.3 is 20.6 Å². The van der Waals surface area contributed by atoms with Crippen LogP contribution < -0.4 is 5.73 Å². The molecule has 0 aromatic heterocycles. The molecule has 7 heteroatoms. The Kier molecular flexibility index (Phi) is 5.03. The van der Waals surface area contributed by atoms with Gasteiger partial charge in [-0.05, 0) is 19.3 Å². The summed E-state index contributed by atoms with van der Waals surface area (Å²) < 4.78 is 5.54. The lowest BCUT2D eigenvalue weighted by atomic mass is 9.77. The maximum absolute atomic E-state index is 13.0. The van der Waals surface area contributed by atoms with E-state index >= 15 is 0 Å². The zero-order valence-corrected chi connectivity index (χ0v) is 13.6. The van der Waals surface area contributed by atoms with Crippen LogP contribution in [0.25, 0.3) is 0 Å². The second-order valence-electron chi connectivity index (χ2n) is 6.33. The van der Waals surface area contributed by atoms with E-state index < -0.39 is 5.41 Å². The molecule has 2 heterocycles. The summed E-state index contributed by atoms with van der Waals surface area (Å²) in [5, 5.41) is 12.2. The van der Waals surface area contributed by atoms with E-state index in [1.165, 1.54) is 0 Å². The Morgan fingerprint density at radius 1 is 1.29 bits per heavy atom. The van der Waals surface area contributed by atoms with Gasteiger partial charge in [-0.15, -0.1) is 0 Å². The normalized spacial score (nSPS) is 26.2. The number of hydrogen-bond acceptors (Lipinski definition) is 5. The molecule has 2 rings (SSSR count). The first-order chi connectivity index (χ1) is 9.91. The molecule has 0 bridgehead atoms. The first kappa shape index (κ1) is 16.4. The zero-order valence-electron chi connectivity index (χ0n) is 12.8. The predicted molar refractivity (Wildman–Crippen MR) is 83.6 cm³/mol. The number of hydrogen-bond donors (Lipinski definition) is 2. The number of oxime groups is 1. The molecule has 0 radical (unpaired) electrons. The van der Waals surface area contributed by atoms with E-state index in [2.05, 4.69) is 19.0 Å². The topological polar surface area (TPSA) is 88.2 Å². The number of carbonyl (C=O) groups excluding carboxylic acids is 1. The highest BCUT2D eigenvalue weighted by atomic mass is 32.2. The summed E-state index contributed by atoms with van der Waals surface area (Å²) in [4.78, 5) is 14.9. The van der Waals surface area contributed by atoms with Crippen molar-refractivity contribution in [2.24, 2.45) is 16.3 Å². The van der Waals surface area contributed by atoms with Crippen LogP contribution in [-0.2, 0) is 9.53 Å². The Hall–Kier alpha value is -0.950. The first-order valence-corrected chi connectivity index (χ1v) is 8.39. The van der Waals surface area contributed by atoms with Crippen molar-refractivity contribution >= 4 is 23.5 Å². The van der Waals surface area contributed by atoms with Crippen LogP contribution >= 0.6 is 11.8 Å². The van der Waals surface area contributed by atoms with Gasteiger partial charge >= 0.3 is 0 Å². The van der Waals surface area contributed by atoms with Crippen LogP contribution in [0.5, 0.6) is 0 Å². The number of carbonyl (C=O) groups is 1. The van der Waals surface area contributed by atoms with E-state index in [4.69, 9.17) is 15.7 Å². The zero-order chi connectivity index (χ0) is 15.5. The lowest BCUT2D eigenvalue weighted by molar-refractivity contribution is -0.142. The monoisotopic (exact) mass is 315 g/mol. The van der Waals surface area contributed by atoms with Gasteiger partial charge in [0.05, 0.1) is 0 Å². The fourth-order valence-corrected chi connectivity index (χ4v) is 4.02. The second-order valence-corrected chi connectivity index (χ2v) is 8.13. The highest BCUT2D eigenvalue weighted by Crippen LogP contribution is 2.36. The molecular weight excluding hydrogens is 290 g/mol. The van der Waals surface area contributed by atoms with Crippen LogP contribution in [0.1, 0.15) is 33.1 Å². The summed E-state index contributed by atoms with van der Waals surface area (Å²) in [6, 6.07) is 0. The summed E-state index contributed by atoms with van der Waals surface area (Å²) in [6.07, 6.45) is 1.91. The minimum absolute atomic E-state index is 0.0144. The molecule has 6 nitrogen and oxygen atoms in total. The lowest BCUT2D eigenvalue weighted by Gasteiger charge is -2.38. The molecule has 0 aliphatic carbocycles. The van der Waals surface area contributed by atoms with E-state index in [1.54, 1.807) is 0 Å². The highest BCUT2D eigenvalue weighted by Gasteiger charge is 2.47. The Labute approximate surface area is 130 Å². The molecule has 2 aliphatic heterocycles.